The Bertz CT molecular complexity index is 448. The molecule has 2 heterocycles. The molecular formula is C14H23N3OS. The number of carbonyl (C=O) groups is 1. The zero-order valence-corrected chi connectivity index (χ0v) is 12.7. The predicted molar refractivity (Wildman–Crippen MR) is 82.0 cm³/mol. The van der Waals surface area contributed by atoms with Crippen LogP contribution in [0.25, 0.3) is 0 Å². The highest BCUT2D eigenvalue weighted by Crippen LogP contribution is 2.32. The Morgan fingerprint density at radius 3 is 2.68 bits per heavy atom. The van der Waals surface area contributed by atoms with E-state index in [2.05, 4.69) is 17.3 Å². The van der Waals surface area contributed by atoms with Crippen LogP contribution in [0.15, 0.2) is 6.07 Å². The molecule has 0 atom stereocenters. The highest BCUT2D eigenvalue weighted by molar-refractivity contribution is 7.18. The number of thiophene rings is 1. The Morgan fingerprint density at radius 2 is 2.11 bits per heavy atom. The molecular weight excluding hydrogens is 258 g/mol. The molecule has 106 valence electrons. The number of nitrogens with zero attached hydrogens (tertiary/aromatic N) is 1. The van der Waals surface area contributed by atoms with Crippen molar-refractivity contribution in [2.75, 3.05) is 31.2 Å². The first-order valence-electron chi connectivity index (χ1n) is 6.86. The standard InChI is InChI=1S/C14H23N3OS/c1-9(2)13(18)14-11(15)8-12(19-14)16-10-4-6-17(3)7-5-10/h8-10,16H,4-7,15H2,1-3H3. The molecule has 3 N–H and O–H groups in total. The summed E-state index contributed by atoms with van der Waals surface area (Å²) < 4.78 is 0. The van der Waals surface area contributed by atoms with Gasteiger partial charge in [-0.3, -0.25) is 4.79 Å². The second-order valence-corrected chi connectivity index (χ2v) is 6.69. The summed E-state index contributed by atoms with van der Waals surface area (Å²) in [6.07, 6.45) is 2.28. The number of hydrogen-bond acceptors (Lipinski definition) is 5. The Morgan fingerprint density at radius 1 is 1.47 bits per heavy atom. The van der Waals surface area contributed by atoms with Crippen molar-refractivity contribution in [1.82, 2.24) is 4.90 Å². The lowest BCUT2D eigenvalue weighted by atomic mass is 10.1. The van der Waals surface area contributed by atoms with Gasteiger partial charge in [-0.1, -0.05) is 13.8 Å². The van der Waals surface area contributed by atoms with Crippen molar-refractivity contribution in [3.63, 3.8) is 0 Å². The first-order valence-corrected chi connectivity index (χ1v) is 7.67. The third-order valence-electron chi connectivity index (χ3n) is 3.57. The fourth-order valence-corrected chi connectivity index (χ4v) is 3.43. The lowest BCUT2D eigenvalue weighted by molar-refractivity contribution is 0.0944. The van der Waals surface area contributed by atoms with Gasteiger partial charge >= 0.3 is 0 Å². The average Bonchev–Trinajstić information content (AvgIpc) is 2.72. The van der Waals surface area contributed by atoms with E-state index in [1.807, 2.05) is 19.9 Å². The number of piperidine rings is 1. The molecule has 0 bridgehead atoms. The summed E-state index contributed by atoms with van der Waals surface area (Å²) in [5.74, 6) is 0.135. The summed E-state index contributed by atoms with van der Waals surface area (Å²) in [5, 5.41) is 4.54. The molecule has 2 rings (SSSR count). The van der Waals surface area contributed by atoms with Crippen LogP contribution in [-0.4, -0.2) is 36.9 Å². The van der Waals surface area contributed by atoms with E-state index in [1.54, 1.807) is 0 Å². The molecule has 1 aliphatic rings. The van der Waals surface area contributed by atoms with E-state index in [0.717, 1.165) is 30.9 Å². The number of ketones is 1. The second-order valence-electron chi connectivity index (χ2n) is 5.64. The summed E-state index contributed by atoms with van der Waals surface area (Å²) in [4.78, 5) is 15.1. The summed E-state index contributed by atoms with van der Waals surface area (Å²) in [5.41, 5.74) is 6.56. The van der Waals surface area contributed by atoms with Crippen molar-refractivity contribution < 1.29 is 4.79 Å². The molecule has 0 aliphatic carbocycles. The summed E-state index contributed by atoms with van der Waals surface area (Å²) in [6.45, 7) is 6.06. The van der Waals surface area contributed by atoms with Crippen molar-refractivity contribution >= 4 is 27.8 Å². The number of nitrogens with two attached hydrogens (primary N) is 1. The summed E-state index contributed by atoms with van der Waals surface area (Å²) >= 11 is 1.49. The molecule has 19 heavy (non-hydrogen) atoms. The lowest BCUT2D eigenvalue weighted by Gasteiger charge is -2.29. The zero-order chi connectivity index (χ0) is 14.0. The largest absolute Gasteiger partial charge is 0.397 e. The monoisotopic (exact) mass is 281 g/mol. The van der Waals surface area contributed by atoms with Crippen LogP contribution in [0.1, 0.15) is 36.4 Å². The molecule has 0 aromatic carbocycles. The van der Waals surface area contributed by atoms with E-state index in [4.69, 9.17) is 5.73 Å². The normalized spacial score (nSPS) is 17.9. The van der Waals surface area contributed by atoms with Gasteiger partial charge in [-0.05, 0) is 39.0 Å². The minimum atomic E-state index is -0.00266. The summed E-state index contributed by atoms with van der Waals surface area (Å²) in [7, 11) is 2.15. The number of nitrogens with one attached hydrogen (secondary N) is 1. The van der Waals surface area contributed by atoms with E-state index in [1.165, 1.54) is 11.3 Å². The van der Waals surface area contributed by atoms with Gasteiger partial charge in [-0.25, -0.2) is 0 Å². The highest BCUT2D eigenvalue weighted by atomic mass is 32.1. The predicted octanol–water partition coefficient (Wildman–Crippen LogP) is 2.68. The minimum Gasteiger partial charge on any atom is -0.397 e. The van der Waals surface area contributed by atoms with Gasteiger partial charge in [0.15, 0.2) is 5.78 Å². The minimum absolute atomic E-state index is 0.00266. The molecule has 0 amide bonds. The number of Topliss-reactive ketones (excluding diaryl/α,β-unsaturated/α-hetero) is 1. The van der Waals surface area contributed by atoms with Crippen LogP contribution in [0.3, 0.4) is 0 Å². The fourth-order valence-electron chi connectivity index (χ4n) is 2.29. The van der Waals surface area contributed by atoms with E-state index in [-0.39, 0.29) is 11.7 Å². The van der Waals surface area contributed by atoms with Gasteiger partial charge in [-0.2, -0.15) is 0 Å². The maximum Gasteiger partial charge on any atom is 0.177 e. The Balaban J connectivity index is 2.02. The highest BCUT2D eigenvalue weighted by Gasteiger charge is 2.20. The van der Waals surface area contributed by atoms with Crippen molar-refractivity contribution in [1.29, 1.82) is 0 Å². The van der Waals surface area contributed by atoms with E-state index < -0.39 is 0 Å². The van der Waals surface area contributed by atoms with Crippen molar-refractivity contribution in [2.24, 2.45) is 5.92 Å². The average molecular weight is 281 g/mol. The summed E-state index contributed by atoms with van der Waals surface area (Å²) in [6, 6.07) is 2.40. The molecule has 0 unspecified atom stereocenters. The number of likely N-dealkylation sites (tertiary alicyclic amines) is 1. The van der Waals surface area contributed by atoms with Crippen LogP contribution in [-0.2, 0) is 0 Å². The number of hydrogen-bond donors (Lipinski definition) is 2. The molecule has 0 spiro atoms. The maximum atomic E-state index is 12.0. The van der Waals surface area contributed by atoms with Crippen LogP contribution in [0.4, 0.5) is 10.7 Å². The molecule has 1 saturated heterocycles. The first kappa shape index (κ1) is 14.3. The van der Waals surface area contributed by atoms with Crippen LogP contribution in [0, 0.1) is 5.92 Å². The molecule has 1 fully saturated rings. The molecule has 0 saturated carbocycles. The van der Waals surface area contributed by atoms with Gasteiger partial charge in [0, 0.05) is 12.0 Å². The van der Waals surface area contributed by atoms with Gasteiger partial charge in [-0.15, -0.1) is 11.3 Å². The van der Waals surface area contributed by atoms with E-state index >= 15 is 0 Å². The topological polar surface area (TPSA) is 58.4 Å². The lowest BCUT2D eigenvalue weighted by Crippen LogP contribution is -2.36. The van der Waals surface area contributed by atoms with Crippen LogP contribution in [0.2, 0.25) is 0 Å². The second kappa shape index (κ2) is 5.92. The molecule has 5 heteroatoms. The molecule has 0 radical (unpaired) electrons. The third kappa shape index (κ3) is 3.48. The van der Waals surface area contributed by atoms with Crippen molar-refractivity contribution in [3.8, 4) is 0 Å². The molecule has 1 aromatic heterocycles. The SMILES string of the molecule is CC(C)C(=O)c1sc(NC2CCN(C)CC2)cc1N. The van der Waals surface area contributed by atoms with Gasteiger partial charge in [0.2, 0.25) is 0 Å². The smallest absolute Gasteiger partial charge is 0.177 e. The van der Waals surface area contributed by atoms with Gasteiger partial charge in [0.1, 0.15) is 0 Å². The van der Waals surface area contributed by atoms with Crippen LogP contribution in [0.5, 0.6) is 0 Å². The van der Waals surface area contributed by atoms with Gasteiger partial charge in [0.25, 0.3) is 0 Å². The van der Waals surface area contributed by atoms with Crippen molar-refractivity contribution in [2.45, 2.75) is 32.7 Å². The maximum absolute atomic E-state index is 12.0. The zero-order valence-electron chi connectivity index (χ0n) is 11.9. The number of carbonyl (C=O) groups excluding carboxylic acids is 1. The molecule has 1 aliphatic heterocycles. The fraction of sp³-hybridized carbons (Fsp3) is 0.643. The van der Waals surface area contributed by atoms with E-state index in [0.29, 0.717) is 16.6 Å². The Kier molecular flexibility index (Phi) is 4.47. The van der Waals surface area contributed by atoms with Crippen molar-refractivity contribution in [3.05, 3.63) is 10.9 Å². The van der Waals surface area contributed by atoms with E-state index in [9.17, 15) is 4.79 Å². The number of nitrogen functional groups attached to an aromatic ring is 1. The quantitative estimate of drug-likeness (QED) is 0.833. The number of rotatable bonds is 4. The van der Waals surface area contributed by atoms with Gasteiger partial charge < -0.3 is 16.0 Å². The third-order valence-corrected chi connectivity index (χ3v) is 4.67. The molecule has 4 nitrogen and oxygen atoms in total. The van der Waals surface area contributed by atoms with Crippen LogP contribution >= 0.6 is 11.3 Å². The number of anilines is 2. The Labute approximate surface area is 119 Å². The van der Waals surface area contributed by atoms with Gasteiger partial charge in [0.05, 0.1) is 15.6 Å². The molecule has 1 aromatic rings. The van der Waals surface area contributed by atoms with Crippen LogP contribution < -0.4 is 11.1 Å². The first-order chi connectivity index (χ1) is 8.97. The Hall–Kier alpha value is -1.07.